The van der Waals surface area contributed by atoms with E-state index < -0.39 is 24.6 Å². The molecule has 0 spiro atoms. The van der Waals surface area contributed by atoms with Crippen molar-refractivity contribution < 1.29 is 30.3 Å². The largest absolute Gasteiger partial charge is 0.396 e. The number of unbranched alkanes of at least 4 members (excludes halogenated alkanes) is 1. The minimum atomic E-state index is -1.58. The molecule has 0 aliphatic rings. The summed E-state index contributed by atoms with van der Waals surface area (Å²) in [7, 11) is 0. The molecule has 4 unspecified atom stereocenters. The lowest BCUT2D eigenvalue weighted by molar-refractivity contribution is -0.203. The van der Waals surface area contributed by atoms with Crippen LogP contribution in [0, 0.1) is 0 Å². The van der Waals surface area contributed by atoms with Gasteiger partial charge in [-0.25, -0.2) is 0 Å². The van der Waals surface area contributed by atoms with E-state index in [9.17, 15) is 20.4 Å². The molecular formula is C10H22O6. The van der Waals surface area contributed by atoms with Gasteiger partial charge in [-0.2, -0.15) is 0 Å². The van der Waals surface area contributed by atoms with Crippen LogP contribution >= 0.6 is 0 Å². The van der Waals surface area contributed by atoms with E-state index >= 15 is 0 Å². The van der Waals surface area contributed by atoms with Gasteiger partial charge in [0.25, 0.3) is 0 Å². The molecule has 5 N–H and O–H groups in total. The first-order valence-corrected chi connectivity index (χ1v) is 5.49. The van der Waals surface area contributed by atoms with Crippen LogP contribution in [0.1, 0.15) is 26.2 Å². The number of hydrogen-bond acceptors (Lipinski definition) is 6. The lowest BCUT2D eigenvalue weighted by Crippen LogP contribution is -2.45. The molecule has 0 bridgehead atoms. The Morgan fingerprint density at radius 3 is 2.19 bits per heavy atom. The second-order valence-electron chi connectivity index (χ2n) is 3.68. The van der Waals surface area contributed by atoms with Crippen molar-refractivity contribution in [2.45, 2.75) is 50.8 Å². The van der Waals surface area contributed by atoms with Gasteiger partial charge in [0, 0.05) is 13.2 Å². The van der Waals surface area contributed by atoms with Crippen LogP contribution in [0.15, 0.2) is 0 Å². The van der Waals surface area contributed by atoms with Gasteiger partial charge in [0.2, 0.25) is 0 Å². The molecule has 0 aliphatic heterocycles. The van der Waals surface area contributed by atoms with Crippen molar-refractivity contribution in [3.63, 3.8) is 0 Å². The highest BCUT2D eigenvalue weighted by molar-refractivity contribution is 4.77. The number of hydrogen-bond donors (Lipinski definition) is 5. The number of rotatable bonds is 9. The molecule has 0 rings (SSSR count). The molecule has 6 heteroatoms. The van der Waals surface area contributed by atoms with Crippen LogP contribution < -0.4 is 0 Å². The van der Waals surface area contributed by atoms with E-state index in [1.165, 1.54) is 0 Å². The Morgan fingerprint density at radius 1 is 1.06 bits per heavy atom. The van der Waals surface area contributed by atoms with Crippen molar-refractivity contribution in [1.82, 2.24) is 0 Å². The highest BCUT2D eigenvalue weighted by atomic mass is 16.6. The van der Waals surface area contributed by atoms with Crippen LogP contribution in [-0.4, -0.2) is 63.3 Å². The van der Waals surface area contributed by atoms with Crippen LogP contribution in [0.3, 0.4) is 0 Å². The van der Waals surface area contributed by atoms with Crippen LogP contribution in [-0.2, 0) is 4.74 Å². The summed E-state index contributed by atoms with van der Waals surface area (Å²) >= 11 is 0. The van der Waals surface area contributed by atoms with Crippen molar-refractivity contribution in [2.75, 3.05) is 13.2 Å². The van der Waals surface area contributed by atoms with Crippen molar-refractivity contribution in [1.29, 1.82) is 0 Å². The monoisotopic (exact) mass is 238 g/mol. The van der Waals surface area contributed by atoms with Gasteiger partial charge in [-0.3, -0.25) is 0 Å². The minimum Gasteiger partial charge on any atom is -0.396 e. The van der Waals surface area contributed by atoms with Gasteiger partial charge < -0.3 is 30.3 Å². The fourth-order valence-electron chi connectivity index (χ4n) is 1.15. The molecule has 0 fully saturated rings. The van der Waals surface area contributed by atoms with Crippen molar-refractivity contribution >= 4 is 0 Å². The van der Waals surface area contributed by atoms with E-state index in [-0.39, 0.29) is 19.6 Å². The summed E-state index contributed by atoms with van der Waals surface area (Å²) in [5, 5.41) is 45.9. The number of aliphatic hydroxyl groups is 5. The third kappa shape index (κ3) is 5.74. The molecule has 0 radical (unpaired) electrons. The Hall–Kier alpha value is -0.240. The predicted octanol–water partition coefficient (Wildman–Crippen LogP) is -1.41. The molecule has 0 saturated heterocycles. The van der Waals surface area contributed by atoms with Crippen LogP contribution in [0.4, 0.5) is 0 Å². The maximum atomic E-state index is 9.42. The Labute approximate surface area is 95.1 Å². The zero-order valence-electron chi connectivity index (χ0n) is 9.49. The summed E-state index contributed by atoms with van der Waals surface area (Å²) < 4.78 is 4.87. The van der Waals surface area contributed by atoms with Crippen LogP contribution in [0.2, 0.25) is 0 Å². The summed E-state index contributed by atoms with van der Waals surface area (Å²) in [5.41, 5.74) is 0. The van der Waals surface area contributed by atoms with Crippen LogP contribution in [0.5, 0.6) is 0 Å². The highest BCUT2D eigenvalue weighted by Crippen LogP contribution is 2.09. The summed E-state index contributed by atoms with van der Waals surface area (Å²) in [5.74, 6) is 0. The van der Waals surface area contributed by atoms with E-state index in [2.05, 4.69) is 0 Å². The van der Waals surface area contributed by atoms with Gasteiger partial charge in [0.15, 0.2) is 6.29 Å². The number of aliphatic hydroxyl groups excluding tert-OH is 5. The maximum absolute atomic E-state index is 9.42. The molecule has 16 heavy (non-hydrogen) atoms. The first-order valence-electron chi connectivity index (χ1n) is 5.49. The molecular weight excluding hydrogens is 216 g/mol. The van der Waals surface area contributed by atoms with Crippen molar-refractivity contribution in [3.05, 3.63) is 0 Å². The molecule has 0 aromatic carbocycles. The number of ether oxygens (including phenoxy) is 1. The first-order chi connectivity index (χ1) is 7.54. The molecule has 0 saturated carbocycles. The van der Waals surface area contributed by atoms with Crippen molar-refractivity contribution in [2.24, 2.45) is 0 Å². The summed E-state index contributed by atoms with van der Waals surface area (Å²) in [6, 6.07) is 0. The Morgan fingerprint density at radius 2 is 1.69 bits per heavy atom. The smallest absolute Gasteiger partial charge is 0.183 e. The lowest BCUT2D eigenvalue weighted by atomic mass is 10.1. The lowest BCUT2D eigenvalue weighted by Gasteiger charge is -2.26. The third-order valence-electron chi connectivity index (χ3n) is 2.25. The molecule has 0 heterocycles. The van der Waals surface area contributed by atoms with E-state index in [1.807, 2.05) is 6.92 Å². The molecule has 98 valence electrons. The van der Waals surface area contributed by atoms with E-state index in [1.54, 1.807) is 0 Å². The fraction of sp³-hybridized carbons (Fsp3) is 1.00. The van der Waals surface area contributed by atoms with Crippen LogP contribution in [0.25, 0.3) is 0 Å². The average molecular weight is 238 g/mol. The van der Waals surface area contributed by atoms with Gasteiger partial charge in [-0.05, 0) is 12.8 Å². The first kappa shape index (κ1) is 15.8. The summed E-state index contributed by atoms with van der Waals surface area (Å²) in [6.45, 7) is 1.92. The standard InChI is InChI=1S/C10H22O6/c1-2-3-6-16-10(15)9(14)8(13)7(12)4-5-11/h7-15H,2-6H2,1H3. The normalized spacial score (nSPS) is 19.1. The van der Waals surface area contributed by atoms with Gasteiger partial charge >= 0.3 is 0 Å². The van der Waals surface area contributed by atoms with Gasteiger partial charge in [0.1, 0.15) is 12.2 Å². The second kappa shape index (κ2) is 8.86. The summed E-state index contributed by atoms with van der Waals surface area (Å²) in [6.07, 6.45) is -4.39. The quantitative estimate of drug-likeness (QED) is 0.249. The SMILES string of the molecule is CCCCOC(O)C(O)C(O)C(O)CCO. The van der Waals surface area contributed by atoms with Gasteiger partial charge in [0.05, 0.1) is 6.10 Å². The van der Waals surface area contributed by atoms with Gasteiger partial charge in [-0.15, -0.1) is 0 Å². The molecule has 6 nitrogen and oxygen atoms in total. The molecule has 0 aromatic rings. The second-order valence-corrected chi connectivity index (χ2v) is 3.68. The Bertz CT molecular complexity index is 165. The maximum Gasteiger partial charge on any atom is 0.183 e. The molecule has 4 atom stereocenters. The Balaban J connectivity index is 3.94. The summed E-state index contributed by atoms with van der Waals surface area (Å²) in [4.78, 5) is 0. The highest BCUT2D eigenvalue weighted by Gasteiger charge is 2.30. The molecule has 0 aromatic heterocycles. The van der Waals surface area contributed by atoms with Gasteiger partial charge in [-0.1, -0.05) is 13.3 Å². The topological polar surface area (TPSA) is 110 Å². The molecule has 0 aliphatic carbocycles. The van der Waals surface area contributed by atoms with E-state index in [4.69, 9.17) is 9.84 Å². The minimum absolute atomic E-state index is 0.0695. The zero-order valence-corrected chi connectivity index (χ0v) is 9.49. The zero-order chi connectivity index (χ0) is 12.6. The predicted molar refractivity (Wildman–Crippen MR) is 56.6 cm³/mol. The van der Waals surface area contributed by atoms with E-state index in [0.29, 0.717) is 0 Å². The van der Waals surface area contributed by atoms with Crippen molar-refractivity contribution in [3.8, 4) is 0 Å². The van der Waals surface area contributed by atoms with E-state index in [0.717, 1.165) is 12.8 Å². The Kier molecular flexibility index (Phi) is 8.73. The third-order valence-corrected chi connectivity index (χ3v) is 2.25. The fourth-order valence-corrected chi connectivity index (χ4v) is 1.15. The average Bonchev–Trinajstić information content (AvgIpc) is 2.27. The molecule has 0 amide bonds.